The molecule has 0 atom stereocenters. The highest BCUT2D eigenvalue weighted by Crippen LogP contribution is 2.39. The molecule has 0 radical (unpaired) electrons. The fourth-order valence-corrected chi connectivity index (χ4v) is 3.37. The van der Waals surface area contributed by atoms with Gasteiger partial charge >= 0.3 is 0 Å². The number of hydrogen-bond acceptors (Lipinski definition) is 1. The van der Waals surface area contributed by atoms with E-state index in [1.54, 1.807) is 0 Å². The van der Waals surface area contributed by atoms with Crippen LogP contribution in [0.5, 0.6) is 5.75 Å². The largest absolute Gasteiger partial charge is 0.492 e. The molecule has 0 bridgehead atoms. The van der Waals surface area contributed by atoms with Crippen molar-refractivity contribution in [3.63, 3.8) is 0 Å². The standard InChI is InChI=1S/C21H17ClO/c22-19-8-4-7-17(14-19)20-13-16(11-15-5-2-1-3-6-15)12-18-9-10-23-21(18)20/h1-8,12-14H,9-11H2. The molecular formula is C21H17ClO. The van der Waals surface area contributed by atoms with Crippen molar-refractivity contribution < 1.29 is 4.74 Å². The summed E-state index contributed by atoms with van der Waals surface area (Å²) in [7, 11) is 0. The molecule has 3 aromatic carbocycles. The third-order valence-corrected chi connectivity index (χ3v) is 4.47. The van der Waals surface area contributed by atoms with E-state index >= 15 is 0 Å². The fourth-order valence-electron chi connectivity index (χ4n) is 3.18. The summed E-state index contributed by atoms with van der Waals surface area (Å²) in [6, 6.07) is 23.1. The number of hydrogen-bond donors (Lipinski definition) is 0. The lowest BCUT2D eigenvalue weighted by Gasteiger charge is -2.12. The van der Waals surface area contributed by atoms with E-state index in [1.165, 1.54) is 16.7 Å². The number of rotatable bonds is 3. The Balaban J connectivity index is 1.79. The molecule has 114 valence electrons. The molecular weight excluding hydrogens is 304 g/mol. The van der Waals surface area contributed by atoms with Crippen LogP contribution in [0.1, 0.15) is 16.7 Å². The van der Waals surface area contributed by atoms with Crippen LogP contribution >= 0.6 is 11.6 Å². The molecule has 2 heteroatoms. The van der Waals surface area contributed by atoms with Gasteiger partial charge in [0, 0.05) is 17.0 Å². The van der Waals surface area contributed by atoms with E-state index in [1.807, 2.05) is 18.2 Å². The molecule has 3 aromatic rings. The van der Waals surface area contributed by atoms with Crippen LogP contribution in [0.25, 0.3) is 11.1 Å². The zero-order valence-corrected chi connectivity index (χ0v) is 13.5. The minimum Gasteiger partial charge on any atom is -0.492 e. The summed E-state index contributed by atoms with van der Waals surface area (Å²) in [5.41, 5.74) is 6.20. The summed E-state index contributed by atoms with van der Waals surface area (Å²) in [5, 5.41) is 0.753. The van der Waals surface area contributed by atoms with Crippen LogP contribution in [0, 0.1) is 0 Å². The summed E-state index contributed by atoms with van der Waals surface area (Å²) >= 11 is 6.17. The van der Waals surface area contributed by atoms with Gasteiger partial charge in [-0.3, -0.25) is 0 Å². The van der Waals surface area contributed by atoms with E-state index in [0.717, 1.165) is 41.3 Å². The topological polar surface area (TPSA) is 9.23 Å². The molecule has 0 unspecified atom stereocenters. The molecule has 0 amide bonds. The maximum Gasteiger partial charge on any atom is 0.130 e. The summed E-state index contributed by atoms with van der Waals surface area (Å²) in [6.07, 6.45) is 1.91. The highest BCUT2D eigenvalue weighted by Gasteiger charge is 2.19. The molecule has 1 aliphatic rings. The average molecular weight is 321 g/mol. The Labute approximate surface area is 141 Å². The molecule has 0 spiro atoms. The first-order valence-corrected chi connectivity index (χ1v) is 8.26. The highest BCUT2D eigenvalue weighted by molar-refractivity contribution is 6.30. The van der Waals surface area contributed by atoms with E-state index in [2.05, 4.69) is 48.5 Å². The van der Waals surface area contributed by atoms with Crippen molar-refractivity contribution in [1.82, 2.24) is 0 Å². The minimum absolute atomic E-state index is 0.753. The molecule has 4 rings (SSSR count). The monoisotopic (exact) mass is 320 g/mol. The number of fused-ring (bicyclic) bond motifs is 1. The second-order valence-electron chi connectivity index (χ2n) is 5.90. The van der Waals surface area contributed by atoms with Crippen molar-refractivity contribution in [3.05, 3.63) is 88.4 Å². The lowest BCUT2D eigenvalue weighted by molar-refractivity contribution is 0.358. The third-order valence-electron chi connectivity index (χ3n) is 4.23. The van der Waals surface area contributed by atoms with Crippen LogP contribution < -0.4 is 4.74 Å². The van der Waals surface area contributed by atoms with Gasteiger partial charge in [0.25, 0.3) is 0 Å². The normalized spacial score (nSPS) is 12.7. The third kappa shape index (κ3) is 2.97. The molecule has 1 nitrogen and oxygen atoms in total. The maximum atomic E-state index is 6.17. The van der Waals surface area contributed by atoms with Crippen LogP contribution in [0.15, 0.2) is 66.7 Å². The second kappa shape index (κ2) is 6.10. The Hall–Kier alpha value is -2.25. The van der Waals surface area contributed by atoms with Crippen LogP contribution in [-0.2, 0) is 12.8 Å². The van der Waals surface area contributed by atoms with Gasteiger partial charge in [-0.1, -0.05) is 60.1 Å². The Morgan fingerprint density at radius 2 is 1.74 bits per heavy atom. The van der Waals surface area contributed by atoms with Gasteiger partial charge in [0.1, 0.15) is 5.75 Å². The van der Waals surface area contributed by atoms with Crippen molar-refractivity contribution in [2.75, 3.05) is 6.61 Å². The van der Waals surface area contributed by atoms with Crippen molar-refractivity contribution >= 4 is 11.6 Å². The van der Waals surface area contributed by atoms with Crippen LogP contribution in [-0.4, -0.2) is 6.61 Å². The average Bonchev–Trinajstić information content (AvgIpc) is 3.03. The first-order valence-electron chi connectivity index (χ1n) is 7.88. The highest BCUT2D eigenvalue weighted by atomic mass is 35.5. The van der Waals surface area contributed by atoms with Crippen LogP contribution in [0.2, 0.25) is 5.02 Å². The molecule has 0 fully saturated rings. The lowest BCUT2D eigenvalue weighted by Crippen LogP contribution is -1.93. The summed E-state index contributed by atoms with van der Waals surface area (Å²) in [6.45, 7) is 0.762. The SMILES string of the molecule is Clc1cccc(-c2cc(Cc3ccccc3)cc3c2OCC3)c1. The summed E-state index contributed by atoms with van der Waals surface area (Å²) in [4.78, 5) is 0. The van der Waals surface area contributed by atoms with E-state index in [4.69, 9.17) is 16.3 Å². The van der Waals surface area contributed by atoms with Crippen molar-refractivity contribution in [2.45, 2.75) is 12.8 Å². The maximum absolute atomic E-state index is 6.17. The fraction of sp³-hybridized carbons (Fsp3) is 0.143. The predicted molar refractivity (Wildman–Crippen MR) is 95.3 cm³/mol. The van der Waals surface area contributed by atoms with Crippen LogP contribution in [0.4, 0.5) is 0 Å². The van der Waals surface area contributed by atoms with Gasteiger partial charge in [-0.25, -0.2) is 0 Å². The molecule has 0 N–H and O–H groups in total. The van der Waals surface area contributed by atoms with Gasteiger partial charge in [0.2, 0.25) is 0 Å². The lowest BCUT2D eigenvalue weighted by atomic mass is 9.95. The zero-order chi connectivity index (χ0) is 15.6. The number of benzene rings is 3. The molecule has 0 saturated carbocycles. The smallest absolute Gasteiger partial charge is 0.130 e. The summed E-state index contributed by atoms with van der Waals surface area (Å²) in [5.74, 6) is 1.02. The van der Waals surface area contributed by atoms with Gasteiger partial charge < -0.3 is 4.74 Å². The van der Waals surface area contributed by atoms with Crippen molar-refractivity contribution in [2.24, 2.45) is 0 Å². The number of halogens is 1. The Morgan fingerprint density at radius 3 is 2.57 bits per heavy atom. The molecule has 1 aliphatic heterocycles. The quantitative estimate of drug-likeness (QED) is 0.616. The van der Waals surface area contributed by atoms with Gasteiger partial charge in [0.15, 0.2) is 0 Å². The predicted octanol–water partition coefficient (Wildman–Crippen LogP) is 5.53. The van der Waals surface area contributed by atoms with Gasteiger partial charge in [-0.15, -0.1) is 0 Å². The van der Waals surface area contributed by atoms with Crippen molar-refractivity contribution in [3.8, 4) is 16.9 Å². The van der Waals surface area contributed by atoms with Gasteiger partial charge in [-0.05, 0) is 46.9 Å². The van der Waals surface area contributed by atoms with Crippen molar-refractivity contribution in [1.29, 1.82) is 0 Å². The molecule has 1 heterocycles. The second-order valence-corrected chi connectivity index (χ2v) is 6.34. The number of ether oxygens (including phenoxy) is 1. The Bertz CT molecular complexity index is 840. The van der Waals surface area contributed by atoms with Gasteiger partial charge in [-0.2, -0.15) is 0 Å². The molecule has 0 saturated heterocycles. The molecule has 23 heavy (non-hydrogen) atoms. The van der Waals surface area contributed by atoms with E-state index in [0.29, 0.717) is 0 Å². The summed E-state index contributed by atoms with van der Waals surface area (Å²) < 4.78 is 5.89. The van der Waals surface area contributed by atoms with Gasteiger partial charge in [0.05, 0.1) is 6.61 Å². The zero-order valence-electron chi connectivity index (χ0n) is 12.8. The molecule has 0 aliphatic carbocycles. The molecule has 0 aromatic heterocycles. The van der Waals surface area contributed by atoms with Crippen LogP contribution in [0.3, 0.4) is 0 Å². The van der Waals surface area contributed by atoms with E-state index in [-0.39, 0.29) is 0 Å². The minimum atomic E-state index is 0.753. The Kier molecular flexibility index (Phi) is 3.80. The Morgan fingerprint density at radius 1 is 0.870 bits per heavy atom. The first-order chi connectivity index (χ1) is 11.3. The van der Waals surface area contributed by atoms with E-state index < -0.39 is 0 Å². The first kappa shape index (κ1) is 14.3. The van der Waals surface area contributed by atoms with E-state index in [9.17, 15) is 0 Å².